The Bertz CT molecular complexity index is 546. The molecule has 1 aromatic rings. The van der Waals surface area contributed by atoms with Gasteiger partial charge >= 0.3 is 5.97 Å². The van der Waals surface area contributed by atoms with Gasteiger partial charge in [0.05, 0.1) is 12.2 Å². The van der Waals surface area contributed by atoms with Crippen molar-refractivity contribution < 1.29 is 19.4 Å². The molecule has 0 aliphatic carbocycles. The fourth-order valence-electron chi connectivity index (χ4n) is 2.81. The quantitative estimate of drug-likeness (QED) is 0.743. The van der Waals surface area contributed by atoms with Crippen molar-refractivity contribution in [1.82, 2.24) is 0 Å². The van der Waals surface area contributed by atoms with Crippen molar-refractivity contribution >= 4 is 21.9 Å². The van der Waals surface area contributed by atoms with Crippen molar-refractivity contribution in [1.29, 1.82) is 0 Å². The first kappa shape index (κ1) is 18.3. The molecule has 128 valence electrons. The number of carboxylic acids is 1. The van der Waals surface area contributed by atoms with Gasteiger partial charge in [0, 0.05) is 17.7 Å². The van der Waals surface area contributed by atoms with Crippen LogP contribution in [-0.4, -0.2) is 34.7 Å². The number of aryl methyl sites for hydroxylation is 1. The van der Waals surface area contributed by atoms with E-state index in [9.17, 15) is 9.90 Å². The number of halogens is 1. The zero-order valence-corrected chi connectivity index (χ0v) is 15.6. The minimum atomic E-state index is -0.932. The molecule has 0 aromatic heterocycles. The third-order valence-corrected chi connectivity index (χ3v) is 4.75. The molecule has 4 nitrogen and oxygen atoms in total. The average Bonchev–Trinajstić information content (AvgIpc) is 2.47. The maximum absolute atomic E-state index is 11.4. The van der Waals surface area contributed by atoms with Crippen LogP contribution >= 0.6 is 15.9 Å². The van der Waals surface area contributed by atoms with Crippen LogP contribution in [0.25, 0.3) is 0 Å². The second-order valence-electron chi connectivity index (χ2n) is 6.77. The van der Waals surface area contributed by atoms with E-state index in [-0.39, 0.29) is 11.5 Å². The molecular weight excluding hydrogens is 360 g/mol. The lowest BCUT2D eigenvalue weighted by atomic mass is 9.86. The predicted octanol–water partition coefficient (Wildman–Crippen LogP) is 4.28. The van der Waals surface area contributed by atoms with Gasteiger partial charge in [0.1, 0.15) is 5.75 Å². The third-order valence-electron chi connectivity index (χ3n) is 4.29. The molecule has 1 heterocycles. The van der Waals surface area contributed by atoms with E-state index in [1.54, 1.807) is 0 Å². The second-order valence-corrected chi connectivity index (χ2v) is 7.56. The van der Waals surface area contributed by atoms with E-state index in [0.717, 1.165) is 24.0 Å². The fraction of sp³-hybridized carbons (Fsp3) is 0.611. The Kier molecular flexibility index (Phi) is 6.09. The Morgan fingerprint density at radius 2 is 2.26 bits per heavy atom. The monoisotopic (exact) mass is 384 g/mol. The van der Waals surface area contributed by atoms with Crippen molar-refractivity contribution in [3.8, 4) is 5.75 Å². The van der Waals surface area contributed by atoms with Gasteiger partial charge in [0.25, 0.3) is 0 Å². The van der Waals surface area contributed by atoms with Crippen LogP contribution in [0.4, 0.5) is 0 Å². The van der Waals surface area contributed by atoms with E-state index in [1.807, 2.05) is 25.1 Å². The smallest absolute Gasteiger partial charge is 0.344 e. The molecule has 1 aliphatic rings. The molecule has 2 rings (SSSR count). The lowest BCUT2D eigenvalue weighted by Gasteiger charge is -2.35. The first-order valence-corrected chi connectivity index (χ1v) is 9.14. The van der Waals surface area contributed by atoms with Gasteiger partial charge in [-0.1, -0.05) is 28.1 Å². The van der Waals surface area contributed by atoms with Gasteiger partial charge < -0.3 is 14.6 Å². The number of carboxylic acid groups (broad SMARTS) is 1. The molecule has 23 heavy (non-hydrogen) atoms. The fourth-order valence-corrected chi connectivity index (χ4v) is 3.23. The number of alkyl halides is 1. The summed E-state index contributed by atoms with van der Waals surface area (Å²) in [5.74, 6) is -0.0124. The molecule has 1 fully saturated rings. The van der Waals surface area contributed by atoms with Gasteiger partial charge in [0.15, 0.2) is 6.10 Å². The third kappa shape index (κ3) is 4.95. The minimum Gasteiger partial charge on any atom is -0.479 e. The van der Waals surface area contributed by atoms with Gasteiger partial charge in [-0.2, -0.15) is 0 Å². The summed E-state index contributed by atoms with van der Waals surface area (Å²) < 4.78 is 11.8. The molecule has 0 bridgehead atoms. The van der Waals surface area contributed by atoms with Crippen LogP contribution in [0.15, 0.2) is 18.2 Å². The second kappa shape index (κ2) is 7.67. The number of hydrogen-bond donors (Lipinski definition) is 1. The topological polar surface area (TPSA) is 55.8 Å². The maximum Gasteiger partial charge on any atom is 0.344 e. The molecule has 1 aromatic carbocycles. The summed E-state index contributed by atoms with van der Waals surface area (Å²) in [5, 5.41) is 9.92. The van der Waals surface area contributed by atoms with Gasteiger partial charge in [-0.15, -0.1) is 0 Å². The van der Waals surface area contributed by atoms with Crippen molar-refractivity contribution in [2.45, 2.75) is 57.7 Å². The Morgan fingerprint density at radius 1 is 1.52 bits per heavy atom. The average molecular weight is 385 g/mol. The van der Waals surface area contributed by atoms with Crippen LogP contribution in [0.3, 0.4) is 0 Å². The van der Waals surface area contributed by atoms with E-state index in [2.05, 4.69) is 29.8 Å². The molecule has 2 unspecified atom stereocenters. The molecule has 0 saturated carbocycles. The minimum absolute atomic E-state index is 0.0816. The van der Waals surface area contributed by atoms with Gasteiger partial charge in [-0.05, 0) is 50.8 Å². The molecule has 0 radical (unpaired) electrons. The van der Waals surface area contributed by atoms with Gasteiger partial charge in [-0.3, -0.25) is 0 Å². The zero-order valence-electron chi connectivity index (χ0n) is 14.0. The molecule has 1 aliphatic heterocycles. The highest BCUT2D eigenvalue weighted by Crippen LogP contribution is 2.38. The van der Waals surface area contributed by atoms with E-state index in [4.69, 9.17) is 9.47 Å². The molecule has 1 N–H and O–H groups in total. The van der Waals surface area contributed by atoms with Crippen LogP contribution < -0.4 is 4.74 Å². The molecule has 0 spiro atoms. The summed E-state index contributed by atoms with van der Waals surface area (Å²) in [6, 6.07) is 6.02. The van der Waals surface area contributed by atoms with Crippen molar-refractivity contribution in [2.75, 3.05) is 11.9 Å². The molecule has 1 saturated heterocycles. The Labute approximate surface area is 146 Å². The van der Waals surface area contributed by atoms with Crippen molar-refractivity contribution in [3.05, 3.63) is 29.3 Å². The summed E-state index contributed by atoms with van der Waals surface area (Å²) in [4.78, 5) is 11.4. The first-order chi connectivity index (χ1) is 10.8. The Balaban J connectivity index is 2.22. The summed E-state index contributed by atoms with van der Waals surface area (Å²) >= 11 is 3.29. The maximum atomic E-state index is 11.4. The largest absolute Gasteiger partial charge is 0.479 e. The van der Waals surface area contributed by atoms with Crippen LogP contribution in [0, 0.1) is 6.92 Å². The lowest BCUT2D eigenvalue weighted by molar-refractivity contribution is -0.145. The first-order valence-electron chi connectivity index (χ1n) is 8.02. The van der Waals surface area contributed by atoms with E-state index >= 15 is 0 Å². The van der Waals surface area contributed by atoms with E-state index in [0.29, 0.717) is 24.1 Å². The number of hydrogen-bond acceptors (Lipinski definition) is 3. The number of ether oxygens (including phenoxy) is 2. The highest BCUT2D eigenvalue weighted by atomic mass is 79.9. The van der Waals surface area contributed by atoms with Gasteiger partial charge in [0.2, 0.25) is 0 Å². The van der Waals surface area contributed by atoms with Crippen molar-refractivity contribution in [2.24, 2.45) is 0 Å². The number of carbonyl (C=O) groups is 1. The SMILES string of the molecule is Cc1ccc(C2CCC(C)(C)OC2)c(OC(CCBr)C(=O)O)c1. The standard InChI is InChI=1S/C18H25BrO4/c1-12-4-5-14(13-6-8-18(2,3)22-11-13)16(10-12)23-15(7-9-19)17(20)21/h4-5,10,13,15H,6-9,11H2,1-3H3,(H,20,21). The normalized spacial score (nSPS) is 21.7. The summed E-state index contributed by atoms with van der Waals surface area (Å²) in [7, 11) is 0. The predicted molar refractivity (Wildman–Crippen MR) is 93.6 cm³/mol. The molecule has 2 atom stereocenters. The number of benzene rings is 1. The number of rotatable bonds is 6. The van der Waals surface area contributed by atoms with E-state index in [1.165, 1.54) is 0 Å². The zero-order chi connectivity index (χ0) is 17.0. The van der Waals surface area contributed by atoms with Crippen LogP contribution in [0.1, 0.15) is 50.2 Å². The van der Waals surface area contributed by atoms with Gasteiger partial charge in [-0.25, -0.2) is 4.79 Å². The summed E-state index contributed by atoms with van der Waals surface area (Å²) in [6.45, 7) is 6.83. The van der Waals surface area contributed by atoms with Crippen LogP contribution in [0.2, 0.25) is 0 Å². The molecular formula is C18H25BrO4. The van der Waals surface area contributed by atoms with Crippen LogP contribution in [-0.2, 0) is 9.53 Å². The van der Waals surface area contributed by atoms with E-state index < -0.39 is 12.1 Å². The Hall–Kier alpha value is -1.07. The van der Waals surface area contributed by atoms with Crippen molar-refractivity contribution in [3.63, 3.8) is 0 Å². The lowest BCUT2D eigenvalue weighted by Crippen LogP contribution is -2.33. The summed E-state index contributed by atoms with van der Waals surface area (Å²) in [6.07, 6.45) is 1.59. The van der Waals surface area contributed by atoms with Crippen LogP contribution in [0.5, 0.6) is 5.75 Å². The highest BCUT2D eigenvalue weighted by molar-refractivity contribution is 9.09. The summed E-state index contributed by atoms with van der Waals surface area (Å²) in [5.41, 5.74) is 2.03. The number of aliphatic carboxylic acids is 1. The highest BCUT2D eigenvalue weighted by Gasteiger charge is 2.30. The Morgan fingerprint density at radius 3 is 2.83 bits per heavy atom. The molecule has 5 heteroatoms. The molecule has 0 amide bonds.